The summed E-state index contributed by atoms with van der Waals surface area (Å²) >= 11 is 0.651. The smallest absolute Gasteiger partial charge is 0.404 e. The van der Waals surface area contributed by atoms with Crippen LogP contribution >= 0.6 is 11.8 Å². The number of nitrogens with one attached hydrogen (secondary N) is 1. The number of alkyl halides is 3. The van der Waals surface area contributed by atoms with Crippen LogP contribution in [0.1, 0.15) is 12.5 Å². The maximum atomic E-state index is 12.7. The SMILES string of the molecule is CCOC(=O)Cc1ccc(NC2=CSC(C(F)(F)F)C=C2N)cc1. The first kappa shape index (κ1) is 18.3. The van der Waals surface area contributed by atoms with Gasteiger partial charge in [0.05, 0.1) is 24.4 Å². The van der Waals surface area contributed by atoms with Gasteiger partial charge < -0.3 is 15.8 Å². The Labute approximate surface area is 141 Å². The number of carbonyl (C=O) groups excluding carboxylic acids is 1. The number of thioether (sulfide) groups is 1. The minimum absolute atomic E-state index is 0.0478. The van der Waals surface area contributed by atoms with Crippen LogP contribution in [-0.4, -0.2) is 24.0 Å². The van der Waals surface area contributed by atoms with E-state index < -0.39 is 11.4 Å². The Kier molecular flexibility index (Phi) is 5.82. The number of anilines is 1. The van der Waals surface area contributed by atoms with Gasteiger partial charge in [-0.15, -0.1) is 11.8 Å². The molecule has 0 amide bonds. The van der Waals surface area contributed by atoms with Gasteiger partial charge in [0.25, 0.3) is 0 Å². The predicted octanol–water partition coefficient (Wildman–Crippen LogP) is 3.57. The molecule has 1 heterocycles. The standard InChI is InChI=1S/C16H17F3N2O2S/c1-2-23-15(22)7-10-3-5-11(6-4-10)21-13-9-24-14(8-12(13)20)16(17,18)19/h3-6,8-9,14,21H,2,7,20H2,1H3. The molecule has 3 N–H and O–H groups in total. The van der Waals surface area contributed by atoms with Gasteiger partial charge in [-0.3, -0.25) is 4.79 Å². The Balaban J connectivity index is 1.98. The zero-order chi connectivity index (χ0) is 17.7. The first-order valence-electron chi connectivity index (χ1n) is 7.21. The van der Waals surface area contributed by atoms with E-state index in [0.29, 0.717) is 29.8 Å². The summed E-state index contributed by atoms with van der Waals surface area (Å²) in [6, 6.07) is 6.94. The molecule has 1 aromatic carbocycles. The van der Waals surface area contributed by atoms with Crippen LogP contribution in [-0.2, 0) is 16.0 Å². The van der Waals surface area contributed by atoms with Gasteiger partial charge in [-0.05, 0) is 36.1 Å². The van der Waals surface area contributed by atoms with Crippen LogP contribution in [0, 0.1) is 0 Å². The second kappa shape index (κ2) is 7.65. The summed E-state index contributed by atoms with van der Waals surface area (Å²) in [7, 11) is 0. The third kappa shape index (κ3) is 4.95. The molecular weight excluding hydrogens is 341 g/mol. The highest BCUT2D eigenvalue weighted by Gasteiger charge is 2.39. The number of carbonyl (C=O) groups is 1. The molecule has 0 bridgehead atoms. The van der Waals surface area contributed by atoms with E-state index >= 15 is 0 Å². The molecule has 2 rings (SSSR count). The Morgan fingerprint density at radius 1 is 1.33 bits per heavy atom. The minimum Gasteiger partial charge on any atom is -0.466 e. The van der Waals surface area contributed by atoms with E-state index in [1.807, 2.05) is 0 Å². The van der Waals surface area contributed by atoms with Crippen molar-refractivity contribution in [3.8, 4) is 0 Å². The molecule has 0 radical (unpaired) electrons. The van der Waals surface area contributed by atoms with Crippen molar-refractivity contribution in [2.24, 2.45) is 5.73 Å². The van der Waals surface area contributed by atoms with Gasteiger partial charge in [0.2, 0.25) is 0 Å². The monoisotopic (exact) mass is 358 g/mol. The lowest BCUT2D eigenvalue weighted by atomic mass is 10.1. The van der Waals surface area contributed by atoms with E-state index in [0.717, 1.165) is 11.6 Å². The molecule has 8 heteroatoms. The summed E-state index contributed by atoms with van der Waals surface area (Å²) in [4.78, 5) is 11.4. The van der Waals surface area contributed by atoms with E-state index in [1.54, 1.807) is 31.2 Å². The van der Waals surface area contributed by atoms with Crippen molar-refractivity contribution < 1.29 is 22.7 Å². The highest BCUT2D eigenvalue weighted by molar-refractivity contribution is 8.03. The molecule has 1 aliphatic heterocycles. The maximum absolute atomic E-state index is 12.7. The second-order valence-electron chi connectivity index (χ2n) is 5.06. The highest BCUT2D eigenvalue weighted by atomic mass is 32.2. The van der Waals surface area contributed by atoms with Crippen molar-refractivity contribution in [1.29, 1.82) is 0 Å². The third-order valence-corrected chi connectivity index (χ3v) is 4.25. The molecule has 0 aromatic heterocycles. The van der Waals surface area contributed by atoms with E-state index in [4.69, 9.17) is 10.5 Å². The average molecular weight is 358 g/mol. The molecule has 1 unspecified atom stereocenters. The van der Waals surface area contributed by atoms with E-state index in [9.17, 15) is 18.0 Å². The van der Waals surface area contributed by atoms with Gasteiger partial charge in [-0.2, -0.15) is 13.2 Å². The van der Waals surface area contributed by atoms with Crippen LogP contribution in [0.5, 0.6) is 0 Å². The van der Waals surface area contributed by atoms with E-state index in [-0.39, 0.29) is 18.1 Å². The first-order chi connectivity index (χ1) is 11.3. The van der Waals surface area contributed by atoms with Crippen molar-refractivity contribution in [3.05, 3.63) is 52.7 Å². The second-order valence-corrected chi connectivity index (χ2v) is 6.07. The largest absolute Gasteiger partial charge is 0.466 e. The molecule has 24 heavy (non-hydrogen) atoms. The van der Waals surface area contributed by atoms with Crippen LogP contribution < -0.4 is 11.1 Å². The van der Waals surface area contributed by atoms with Gasteiger partial charge in [0.15, 0.2) is 0 Å². The van der Waals surface area contributed by atoms with Crippen LogP contribution in [0.3, 0.4) is 0 Å². The average Bonchev–Trinajstić information content (AvgIpc) is 2.50. The number of rotatable bonds is 5. The fourth-order valence-corrected chi connectivity index (χ4v) is 2.87. The molecule has 1 aromatic rings. The fourth-order valence-electron chi connectivity index (χ4n) is 2.01. The molecule has 1 aliphatic rings. The number of ether oxygens (including phenoxy) is 1. The van der Waals surface area contributed by atoms with Crippen molar-refractivity contribution in [3.63, 3.8) is 0 Å². The van der Waals surface area contributed by atoms with Gasteiger partial charge in [-0.1, -0.05) is 12.1 Å². The molecular formula is C16H17F3N2O2S. The fraction of sp³-hybridized carbons (Fsp3) is 0.312. The van der Waals surface area contributed by atoms with E-state index in [2.05, 4.69) is 5.32 Å². The van der Waals surface area contributed by atoms with E-state index in [1.165, 1.54) is 5.41 Å². The van der Waals surface area contributed by atoms with Crippen molar-refractivity contribution in [1.82, 2.24) is 0 Å². The molecule has 0 saturated heterocycles. The first-order valence-corrected chi connectivity index (χ1v) is 8.15. The Hall–Kier alpha value is -2.09. The van der Waals surface area contributed by atoms with Crippen LogP contribution in [0.2, 0.25) is 0 Å². The lowest BCUT2D eigenvalue weighted by Gasteiger charge is -2.22. The van der Waals surface area contributed by atoms with Crippen LogP contribution in [0.15, 0.2) is 47.1 Å². The maximum Gasteiger partial charge on any atom is 0.404 e. The van der Waals surface area contributed by atoms with Crippen molar-refractivity contribution in [2.45, 2.75) is 24.8 Å². The summed E-state index contributed by atoms with van der Waals surface area (Å²) in [6.07, 6.45) is -3.17. The molecule has 0 aliphatic carbocycles. The molecule has 1 atom stereocenters. The summed E-state index contributed by atoms with van der Waals surface area (Å²) < 4.78 is 42.9. The normalized spacial score (nSPS) is 17.8. The van der Waals surface area contributed by atoms with Crippen molar-refractivity contribution in [2.75, 3.05) is 11.9 Å². The molecule has 0 spiro atoms. The summed E-state index contributed by atoms with van der Waals surface area (Å²) in [6.45, 7) is 2.07. The lowest BCUT2D eigenvalue weighted by molar-refractivity contribution is -0.142. The molecule has 4 nitrogen and oxygen atoms in total. The van der Waals surface area contributed by atoms with Gasteiger partial charge in [0.1, 0.15) is 5.25 Å². The number of nitrogens with two attached hydrogens (primary N) is 1. The number of benzene rings is 1. The van der Waals surface area contributed by atoms with Gasteiger partial charge >= 0.3 is 12.1 Å². The summed E-state index contributed by atoms with van der Waals surface area (Å²) in [5, 5.41) is 2.70. The number of hydrogen-bond donors (Lipinski definition) is 2. The predicted molar refractivity (Wildman–Crippen MR) is 88.2 cm³/mol. The van der Waals surface area contributed by atoms with Gasteiger partial charge in [0, 0.05) is 5.69 Å². The minimum atomic E-state index is -4.33. The van der Waals surface area contributed by atoms with Crippen LogP contribution in [0.25, 0.3) is 0 Å². The zero-order valence-corrected chi connectivity index (χ0v) is 13.7. The molecule has 0 saturated carbocycles. The molecule has 130 valence electrons. The Morgan fingerprint density at radius 3 is 2.54 bits per heavy atom. The number of halogens is 3. The Bertz CT molecular complexity index is 654. The van der Waals surface area contributed by atoms with Gasteiger partial charge in [-0.25, -0.2) is 0 Å². The van der Waals surface area contributed by atoms with Crippen LogP contribution in [0.4, 0.5) is 18.9 Å². The quantitative estimate of drug-likeness (QED) is 0.788. The summed E-state index contributed by atoms with van der Waals surface area (Å²) in [5.41, 5.74) is 7.61. The zero-order valence-electron chi connectivity index (χ0n) is 12.9. The Morgan fingerprint density at radius 2 is 2.00 bits per heavy atom. The van der Waals surface area contributed by atoms with Crippen molar-refractivity contribution >= 4 is 23.4 Å². The lowest BCUT2D eigenvalue weighted by Crippen LogP contribution is -2.27. The number of esters is 1. The highest BCUT2D eigenvalue weighted by Crippen LogP contribution is 2.36. The topological polar surface area (TPSA) is 64.3 Å². The third-order valence-electron chi connectivity index (χ3n) is 3.18. The summed E-state index contributed by atoms with van der Waals surface area (Å²) in [5.74, 6) is -0.310. The number of hydrogen-bond acceptors (Lipinski definition) is 5. The molecule has 0 fully saturated rings.